The third-order valence-electron chi connectivity index (χ3n) is 3.16. The Morgan fingerprint density at radius 2 is 1.94 bits per heavy atom. The van der Waals surface area contributed by atoms with E-state index in [9.17, 15) is 0 Å². The number of hydrogen-bond donors (Lipinski definition) is 1. The van der Waals surface area contributed by atoms with Gasteiger partial charge in [-0.25, -0.2) is 4.98 Å². The smallest absolute Gasteiger partial charge is 0.129 e. The number of benzene rings is 1. The highest BCUT2D eigenvalue weighted by Crippen LogP contribution is 2.25. The summed E-state index contributed by atoms with van der Waals surface area (Å²) in [4.78, 5) is 4.21. The second-order valence-corrected chi connectivity index (χ2v) is 5.30. The Morgan fingerprint density at radius 3 is 2.61 bits per heavy atom. The lowest BCUT2D eigenvalue weighted by molar-refractivity contribution is 0.878. The highest BCUT2D eigenvalue weighted by molar-refractivity contribution is 9.10. The second kappa shape index (κ2) is 5.53. The van der Waals surface area contributed by atoms with Crippen LogP contribution in [0, 0.1) is 13.8 Å². The molecule has 1 unspecified atom stereocenters. The summed E-state index contributed by atoms with van der Waals surface area (Å²) in [5, 5.41) is 3.46. The van der Waals surface area contributed by atoms with Gasteiger partial charge in [-0.05, 0) is 65.5 Å². The molecule has 0 fully saturated rings. The van der Waals surface area contributed by atoms with Crippen molar-refractivity contribution in [2.75, 3.05) is 5.32 Å². The van der Waals surface area contributed by atoms with Crippen LogP contribution in [0.4, 0.5) is 5.69 Å². The molecule has 1 aromatic carbocycles. The third kappa shape index (κ3) is 2.91. The summed E-state index contributed by atoms with van der Waals surface area (Å²) in [6.07, 6.45) is 1.77. The molecule has 2 nitrogen and oxygen atoms in total. The zero-order valence-corrected chi connectivity index (χ0v) is 12.5. The average molecular weight is 305 g/mol. The van der Waals surface area contributed by atoms with Crippen LogP contribution < -0.4 is 5.32 Å². The summed E-state index contributed by atoms with van der Waals surface area (Å²) in [7, 11) is 0. The van der Waals surface area contributed by atoms with E-state index in [0.29, 0.717) is 0 Å². The number of hydrogen-bond acceptors (Lipinski definition) is 2. The molecule has 0 aliphatic heterocycles. The molecular formula is C15H17BrN2. The number of aryl methyl sites for hydroxylation is 2. The number of halogens is 1. The quantitative estimate of drug-likeness (QED) is 0.836. The second-order valence-electron chi connectivity index (χ2n) is 4.55. The van der Waals surface area contributed by atoms with Crippen molar-refractivity contribution in [2.45, 2.75) is 26.8 Å². The first-order chi connectivity index (χ1) is 8.58. The van der Waals surface area contributed by atoms with Crippen LogP contribution >= 0.6 is 15.9 Å². The molecule has 0 saturated heterocycles. The number of rotatable bonds is 3. The molecule has 2 aromatic rings. The lowest BCUT2D eigenvalue weighted by Gasteiger charge is -2.17. The molecule has 94 valence electrons. The van der Waals surface area contributed by atoms with Gasteiger partial charge in [-0.3, -0.25) is 0 Å². The highest BCUT2D eigenvalue weighted by Gasteiger charge is 2.08. The van der Waals surface area contributed by atoms with Gasteiger partial charge in [0.05, 0.1) is 5.69 Å². The molecule has 1 aromatic heterocycles. The Labute approximate surface area is 117 Å². The number of anilines is 1. The molecule has 2 rings (SSSR count). The fourth-order valence-corrected chi connectivity index (χ4v) is 2.21. The van der Waals surface area contributed by atoms with Crippen molar-refractivity contribution < 1.29 is 0 Å². The normalized spacial score (nSPS) is 12.2. The molecule has 0 amide bonds. The largest absolute Gasteiger partial charge is 0.376 e. The van der Waals surface area contributed by atoms with Crippen LogP contribution in [0.5, 0.6) is 0 Å². The molecule has 1 N–H and O–H groups in total. The van der Waals surface area contributed by atoms with E-state index in [-0.39, 0.29) is 6.04 Å². The molecule has 0 bridgehead atoms. The van der Waals surface area contributed by atoms with Gasteiger partial charge in [0.2, 0.25) is 0 Å². The van der Waals surface area contributed by atoms with Gasteiger partial charge in [0.25, 0.3) is 0 Å². The molecular weight excluding hydrogens is 288 g/mol. The summed E-state index contributed by atoms with van der Waals surface area (Å²) in [5.41, 5.74) is 4.96. The monoisotopic (exact) mass is 304 g/mol. The maximum Gasteiger partial charge on any atom is 0.129 e. The predicted molar refractivity (Wildman–Crippen MR) is 79.9 cm³/mol. The molecule has 3 heteroatoms. The van der Waals surface area contributed by atoms with E-state index in [2.05, 4.69) is 65.2 Å². The minimum atomic E-state index is 0.254. The van der Waals surface area contributed by atoms with Crippen molar-refractivity contribution in [1.29, 1.82) is 0 Å². The molecule has 0 radical (unpaired) electrons. The van der Waals surface area contributed by atoms with E-state index >= 15 is 0 Å². The zero-order chi connectivity index (χ0) is 13.1. The van der Waals surface area contributed by atoms with Gasteiger partial charge in [-0.15, -0.1) is 0 Å². The number of aromatic nitrogens is 1. The first-order valence-corrected chi connectivity index (χ1v) is 6.81. The summed E-state index contributed by atoms with van der Waals surface area (Å²) < 4.78 is 0.848. The highest BCUT2D eigenvalue weighted by atomic mass is 79.9. The summed E-state index contributed by atoms with van der Waals surface area (Å²) in [6, 6.07) is 10.8. The lowest BCUT2D eigenvalue weighted by atomic mass is 10.0. The van der Waals surface area contributed by atoms with Crippen molar-refractivity contribution in [3.63, 3.8) is 0 Å². The molecule has 18 heavy (non-hydrogen) atoms. The summed E-state index contributed by atoms with van der Waals surface area (Å²) in [6.45, 7) is 6.43. The van der Waals surface area contributed by atoms with Crippen LogP contribution in [0.1, 0.15) is 29.7 Å². The van der Waals surface area contributed by atoms with Crippen molar-refractivity contribution in [3.8, 4) is 0 Å². The van der Waals surface area contributed by atoms with Crippen LogP contribution in [0.2, 0.25) is 0 Å². The van der Waals surface area contributed by atoms with Crippen LogP contribution in [0.25, 0.3) is 0 Å². The van der Waals surface area contributed by atoms with Crippen LogP contribution in [-0.2, 0) is 0 Å². The SMILES string of the molecule is Cc1ccc(C(C)Nc2cccnc2Br)cc1C. The molecule has 0 aliphatic rings. The number of nitrogens with one attached hydrogen (secondary N) is 1. The van der Waals surface area contributed by atoms with Gasteiger partial charge in [0.1, 0.15) is 4.60 Å². The molecule has 0 spiro atoms. The van der Waals surface area contributed by atoms with Gasteiger partial charge in [-0.1, -0.05) is 18.2 Å². The summed E-state index contributed by atoms with van der Waals surface area (Å²) >= 11 is 3.45. The average Bonchev–Trinajstić information content (AvgIpc) is 2.35. The molecule has 1 atom stereocenters. The van der Waals surface area contributed by atoms with Crippen molar-refractivity contribution >= 4 is 21.6 Å². The maximum absolute atomic E-state index is 4.21. The molecule has 0 saturated carbocycles. The number of pyridine rings is 1. The minimum Gasteiger partial charge on any atom is -0.376 e. The van der Waals surface area contributed by atoms with Gasteiger partial charge in [0, 0.05) is 12.2 Å². The Kier molecular flexibility index (Phi) is 4.02. The van der Waals surface area contributed by atoms with Crippen LogP contribution in [0.15, 0.2) is 41.1 Å². The van der Waals surface area contributed by atoms with E-state index in [1.54, 1.807) is 6.20 Å². The van der Waals surface area contributed by atoms with E-state index < -0.39 is 0 Å². The standard InChI is InChI=1S/C15H17BrN2/c1-10-6-7-13(9-11(10)2)12(3)18-14-5-4-8-17-15(14)16/h4-9,12,18H,1-3H3. The van der Waals surface area contributed by atoms with Crippen LogP contribution in [0.3, 0.4) is 0 Å². The molecule has 0 aliphatic carbocycles. The number of nitrogens with zero attached hydrogens (tertiary/aromatic N) is 1. The Hall–Kier alpha value is -1.35. The van der Waals surface area contributed by atoms with Crippen molar-refractivity contribution in [3.05, 3.63) is 57.8 Å². The first kappa shape index (κ1) is 13.1. The van der Waals surface area contributed by atoms with E-state index in [0.717, 1.165) is 10.3 Å². The third-order valence-corrected chi connectivity index (χ3v) is 3.79. The van der Waals surface area contributed by atoms with Gasteiger partial charge in [-0.2, -0.15) is 0 Å². The van der Waals surface area contributed by atoms with Gasteiger partial charge >= 0.3 is 0 Å². The first-order valence-electron chi connectivity index (χ1n) is 6.02. The van der Waals surface area contributed by atoms with Crippen LogP contribution in [-0.4, -0.2) is 4.98 Å². The fraction of sp³-hybridized carbons (Fsp3) is 0.267. The van der Waals surface area contributed by atoms with Gasteiger partial charge < -0.3 is 5.32 Å². The van der Waals surface area contributed by atoms with Gasteiger partial charge in [0.15, 0.2) is 0 Å². The van der Waals surface area contributed by atoms with Crippen molar-refractivity contribution in [2.24, 2.45) is 0 Å². The predicted octanol–water partition coefficient (Wildman–Crippen LogP) is 4.63. The fourth-order valence-electron chi connectivity index (χ4n) is 1.84. The van der Waals surface area contributed by atoms with Crippen molar-refractivity contribution in [1.82, 2.24) is 4.98 Å². The topological polar surface area (TPSA) is 24.9 Å². The Morgan fingerprint density at radius 1 is 1.17 bits per heavy atom. The maximum atomic E-state index is 4.21. The summed E-state index contributed by atoms with van der Waals surface area (Å²) in [5.74, 6) is 0. The van der Waals surface area contributed by atoms with E-state index in [1.807, 2.05) is 12.1 Å². The van der Waals surface area contributed by atoms with E-state index in [4.69, 9.17) is 0 Å². The van der Waals surface area contributed by atoms with E-state index in [1.165, 1.54) is 16.7 Å². The zero-order valence-electron chi connectivity index (χ0n) is 10.9. The minimum absolute atomic E-state index is 0.254. The Balaban J connectivity index is 2.19. The Bertz CT molecular complexity index is 552. The lowest BCUT2D eigenvalue weighted by Crippen LogP contribution is -2.07. The molecule has 1 heterocycles.